The van der Waals surface area contributed by atoms with E-state index in [4.69, 9.17) is 10.8 Å². The fourth-order valence-electron chi connectivity index (χ4n) is 2.43. The summed E-state index contributed by atoms with van der Waals surface area (Å²) in [5, 5.41) is 11.8. The molecule has 0 aliphatic heterocycles. The summed E-state index contributed by atoms with van der Waals surface area (Å²) in [6, 6.07) is -0.412. The predicted octanol–water partition coefficient (Wildman–Crippen LogP) is 1.12. The number of nitrogens with two attached hydrogens (primary N) is 1. The van der Waals surface area contributed by atoms with E-state index in [1.54, 1.807) is 0 Å². The first-order valence-electron chi connectivity index (χ1n) is 6.80. The van der Waals surface area contributed by atoms with E-state index in [1.165, 1.54) is 0 Å². The Kier molecular flexibility index (Phi) is 6.12. The van der Waals surface area contributed by atoms with Gasteiger partial charge in [0.15, 0.2) is 0 Å². The first-order valence-corrected chi connectivity index (χ1v) is 6.80. The van der Waals surface area contributed by atoms with E-state index in [0.717, 1.165) is 32.1 Å². The van der Waals surface area contributed by atoms with Crippen LogP contribution in [0.15, 0.2) is 0 Å². The number of rotatable bonds is 6. The highest BCUT2D eigenvalue weighted by Crippen LogP contribution is 2.28. The van der Waals surface area contributed by atoms with E-state index in [1.807, 2.05) is 6.92 Å². The SMILES string of the molecule is CCC[C@@H](N)C(=O)NCC1CCC(C(=O)O)CC1. The number of carbonyl (C=O) groups excluding carboxylic acids is 1. The summed E-state index contributed by atoms with van der Waals surface area (Å²) in [5.74, 6) is -0.572. The molecule has 0 aromatic carbocycles. The van der Waals surface area contributed by atoms with Crippen molar-refractivity contribution in [1.29, 1.82) is 0 Å². The lowest BCUT2D eigenvalue weighted by Gasteiger charge is -2.26. The lowest BCUT2D eigenvalue weighted by molar-refractivity contribution is -0.143. The van der Waals surface area contributed by atoms with Crippen LogP contribution in [0, 0.1) is 11.8 Å². The quantitative estimate of drug-likeness (QED) is 0.664. The van der Waals surface area contributed by atoms with Crippen molar-refractivity contribution in [2.24, 2.45) is 17.6 Å². The minimum absolute atomic E-state index is 0.0859. The lowest BCUT2D eigenvalue weighted by Crippen LogP contribution is -2.42. The number of nitrogens with one attached hydrogen (secondary N) is 1. The van der Waals surface area contributed by atoms with E-state index in [9.17, 15) is 9.59 Å². The molecule has 5 heteroatoms. The van der Waals surface area contributed by atoms with Crippen LogP contribution in [-0.4, -0.2) is 29.6 Å². The Hall–Kier alpha value is -1.10. The molecule has 0 unspecified atom stereocenters. The van der Waals surface area contributed by atoms with Crippen molar-refractivity contribution >= 4 is 11.9 Å². The van der Waals surface area contributed by atoms with Gasteiger partial charge in [0, 0.05) is 6.54 Å². The summed E-state index contributed by atoms with van der Waals surface area (Å²) >= 11 is 0. The molecule has 0 saturated heterocycles. The van der Waals surface area contributed by atoms with Gasteiger partial charge in [-0.15, -0.1) is 0 Å². The fraction of sp³-hybridized carbons (Fsp3) is 0.846. The Labute approximate surface area is 108 Å². The molecule has 104 valence electrons. The smallest absolute Gasteiger partial charge is 0.306 e. The zero-order valence-electron chi connectivity index (χ0n) is 11.0. The van der Waals surface area contributed by atoms with Crippen LogP contribution in [0.1, 0.15) is 45.4 Å². The van der Waals surface area contributed by atoms with Gasteiger partial charge >= 0.3 is 5.97 Å². The third-order valence-electron chi connectivity index (χ3n) is 3.70. The second-order valence-corrected chi connectivity index (χ2v) is 5.20. The van der Waals surface area contributed by atoms with Gasteiger partial charge in [-0.1, -0.05) is 13.3 Å². The first-order chi connectivity index (χ1) is 8.54. The highest BCUT2D eigenvalue weighted by atomic mass is 16.4. The van der Waals surface area contributed by atoms with E-state index >= 15 is 0 Å². The molecular formula is C13H24N2O3. The van der Waals surface area contributed by atoms with Crippen molar-refractivity contribution in [3.63, 3.8) is 0 Å². The maximum Gasteiger partial charge on any atom is 0.306 e. The number of carboxylic acid groups (broad SMARTS) is 1. The minimum Gasteiger partial charge on any atom is -0.481 e. The topological polar surface area (TPSA) is 92.4 Å². The maximum atomic E-state index is 11.6. The van der Waals surface area contributed by atoms with Gasteiger partial charge in [0.2, 0.25) is 5.91 Å². The largest absolute Gasteiger partial charge is 0.481 e. The molecule has 0 aromatic heterocycles. The van der Waals surface area contributed by atoms with Crippen LogP contribution in [0.2, 0.25) is 0 Å². The predicted molar refractivity (Wildman–Crippen MR) is 69.0 cm³/mol. The summed E-state index contributed by atoms with van der Waals surface area (Å²) in [5.41, 5.74) is 5.72. The van der Waals surface area contributed by atoms with Crippen molar-refractivity contribution in [2.45, 2.75) is 51.5 Å². The molecule has 0 radical (unpaired) electrons. The van der Waals surface area contributed by atoms with Gasteiger partial charge in [0.25, 0.3) is 0 Å². The second-order valence-electron chi connectivity index (χ2n) is 5.20. The number of hydrogen-bond acceptors (Lipinski definition) is 3. The van der Waals surface area contributed by atoms with E-state index < -0.39 is 12.0 Å². The maximum absolute atomic E-state index is 11.6. The highest BCUT2D eigenvalue weighted by molar-refractivity contribution is 5.81. The minimum atomic E-state index is -0.692. The molecule has 0 spiro atoms. The molecule has 1 atom stereocenters. The van der Waals surface area contributed by atoms with Crippen LogP contribution in [0.5, 0.6) is 0 Å². The Morgan fingerprint density at radius 1 is 1.33 bits per heavy atom. The van der Waals surface area contributed by atoms with Gasteiger partial charge in [-0.3, -0.25) is 9.59 Å². The normalized spacial score (nSPS) is 25.4. The standard InChI is InChI=1S/C13H24N2O3/c1-2-3-11(14)12(16)15-8-9-4-6-10(7-5-9)13(17)18/h9-11H,2-8,14H2,1H3,(H,15,16)(H,17,18)/t9?,10?,11-/m1/s1. The number of carboxylic acids is 1. The number of hydrogen-bond donors (Lipinski definition) is 3. The van der Waals surface area contributed by atoms with Gasteiger partial charge < -0.3 is 16.2 Å². The number of aliphatic carboxylic acids is 1. The van der Waals surface area contributed by atoms with Crippen molar-refractivity contribution in [2.75, 3.05) is 6.54 Å². The summed E-state index contributed by atoms with van der Waals surface area (Å²) in [7, 11) is 0. The molecule has 5 nitrogen and oxygen atoms in total. The molecule has 0 bridgehead atoms. The zero-order valence-corrected chi connectivity index (χ0v) is 11.0. The van der Waals surface area contributed by atoms with E-state index in [2.05, 4.69) is 5.32 Å². The highest BCUT2D eigenvalue weighted by Gasteiger charge is 2.26. The van der Waals surface area contributed by atoms with E-state index in [0.29, 0.717) is 18.9 Å². The average molecular weight is 256 g/mol. The van der Waals surface area contributed by atoms with Crippen molar-refractivity contribution in [3.05, 3.63) is 0 Å². The second kappa shape index (κ2) is 7.36. The third kappa shape index (κ3) is 4.64. The van der Waals surface area contributed by atoms with Crippen LogP contribution >= 0.6 is 0 Å². The molecule has 0 heterocycles. The van der Waals surface area contributed by atoms with Crippen LogP contribution < -0.4 is 11.1 Å². The van der Waals surface area contributed by atoms with Crippen LogP contribution in [0.3, 0.4) is 0 Å². The van der Waals surface area contributed by atoms with Crippen LogP contribution in [0.25, 0.3) is 0 Å². The molecule has 1 amide bonds. The van der Waals surface area contributed by atoms with Gasteiger partial charge in [0.1, 0.15) is 0 Å². The Bertz CT molecular complexity index is 286. The van der Waals surface area contributed by atoms with Gasteiger partial charge in [0.05, 0.1) is 12.0 Å². The van der Waals surface area contributed by atoms with Gasteiger partial charge in [-0.25, -0.2) is 0 Å². The summed E-state index contributed by atoms with van der Waals surface area (Å²) < 4.78 is 0. The van der Waals surface area contributed by atoms with Crippen molar-refractivity contribution in [1.82, 2.24) is 5.32 Å². The number of amides is 1. The Balaban J connectivity index is 2.21. The Morgan fingerprint density at radius 3 is 2.44 bits per heavy atom. The fourth-order valence-corrected chi connectivity index (χ4v) is 2.43. The molecule has 1 fully saturated rings. The molecule has 1 saturated carbocycles. The van der Waals surface area contributed by atoms with Crippen LogP contribution in [0.4, 0.5) is 0 Å². The van der Waals surface area contributed by atoms with Crippen molar-refractivity contribution < 1.29 is 14.7 Å². The molecule has 0 aromatic rings. The summed E-state index contributed by atoms with van der Waals surface area (Å²) in [6.45, 7) is 2.63. The zero-order chi connectivity index (χ0) is 13.5. The number of carbonyl (C=O) groups is 2. The van der Waals surface area contributed by atoms with Gasteiger partial charge in [-0.2, -0.15) is 0 Å². The summed E-state index contributed by atoms with van der Waals surface area (Å²) in [6.07, 6.45) is 4.80. The third-order valence-corrected chi connectivity index (χ3v) is 3.70. The van der Waals surface area contributed by atoms with E-state index in [-0.39, 0.29) is 11.8 Å². The molecule has 1 aliphatic rings. The monoisotopic (exact) mass is 256 g/mol. The van der Waals surface area contributed by atoms with Crippen molar-refractivity contribution in [3.8, 4) is 0 Å². The van der Waals surface area contributed by atoms with Crippen LogP contribution in [-0.2, 0) is 9.59 Å². The summed E-state index contributed by atoms with van der Waals surface area (Å²) in [4.78, 5) is 22.4. The first kappa shape index (κ1) is 15.0. The molecule has 1 aliphatic carbocycles. The lowest BCUT2D eigenvalue weighted by atomic mass is 9.82. The molecule has 18 heavy (non-hydrogen) atoms. The molecule has 4 N–H and O–H groups in total. The molecular weight excluding hydrogens is 232 g/mol. The molecule has 1 rings (SSSR count). The van der Waals surface area contributed by atoms with Gasteiger partial charge in [-0.05, 0) is 38.0 Å². The average Bonchev–Trinajstić information content (AvgIpc) is 2.36. The Morgan fingerprint density at radius 2 is 1.94 bits per heavy atom.